The lowest BCUT2D eigenvalue weighted by Gasteiger charge is -2.07. The highest BCUT2D eigenvalue weighted by molar-refractivity contribution is 8.00. The molecular formula is C14H13N5O2S. The second-order valence-electron chi connectivity index (χ2n) is 4.66. The molecule has 0 aliphatic carbocycles. The van der Waals surface area contributed by atoms with Crippen LogP contribution >= 0.6 is 11.8 Å². The molecule has 2 heterocycles. The largest absolute Gasteiger partial charge is 0.369 e. The van der Waals surface area contributed by atoms with Gasteiger partial charge in [0.25, 0.3) is 5.56 Å². The molecule has 7 nitrogen and oxygen atoms in total. The van der Waals surface area contributed by atoms with Gasteiger partial charge in [-0.2, -0.15) is 5.10 Å². The lowest BCUT2D eigenvalue weighted by molar-refractivity contribution is -0.117. The Labute approximate surface area is 129 Å². The Morgan fingerprint density at radius 3 is 2.77 bits per heavy atom. The highest BCUT2D eigenvalue weighted by Gasteiger charge is 2.16. The molecule has 0 aliphatic heterocycles. The number of H-pyrrole nitrogens is 1. The van der Waals surface area contributed by atoms with Crippen molar-refractivity contribution in [1.29, 1.82) is 0 Å². The van der Waals surface area contributed by atoms with E-state index in [0.29, 0.717) is 16.2 Å². The first-order valence-electron chi connectivity index (χ1n) is 6.55. The van der Waals surface area contributed by atoms with Gasteiger partial charge < -0.3 is 10.7 Å². The van der Waals surface area contributed by atoms with Gasteiger partial charge in [0.15, 0.2) is 10.8 Å². The molecule has 3 rings (SSSR count). The summed E-state index contributed by atoms with van der Waals surface area (Å²) in [5.41, 5.74) is 6.18. The summed E-state index contributed by atoms with van der Waals surface area (Å²) < 4.78 is 1.59. The average molecular weight is 315 g/mol. The van der Waals surface area contributed by atoms with Crippen molar-refractivity contribution in [3.8, 4) is 5.69 Å². The van der Waals surface area contributed by atoms with Crippen LogP contribution in [0.4, 0.5) is 0 Å². The maximum absolute atomic E-state index is 12.1. The van der Waals surface area contributed by atoms with Crippen molar-refractivity contribution in [2.24, 2.45) is 5.73 Å². The average Bonchev–Trinajstić information content (AvgIpc) is 2.92. The fourth-order valence-corrected chi connectivity index (χ4v) is 2.68. The standard InChI is InChI=1S/C14H13N5O2S/c1-8(11(15)20)22-14-17-12-10(13(21)18-14)7-16-19(12)9-5-3-2-4-6-9/h2-8H,1H3,(H2,15,20)(H,17,18,21)/t8-/m1/s1. The molecule has 0 bridgehead atoms. The number of aromatic amines is 1. The molecule has 0 saturated carbocycles. The Morgan fingerprint density at radius 2 is 2.09 bits per heavy atom. The summed E-state index contributed by atoms with van der Waals surface area (Å²) in [6.45, 7) is 1.66. The van der Waals surface area contributed by atoms with Crippen LogP contribution in [0.5, 0.6) is 0 Å². The van der Waals surface area contributed by atoms with Crippen molar-refractivity contribution in [2.45, 2.75) is 17.3 Å². The normalized spacial score (nSPS) is 12.4. The van der Waals surface area contributed by atoms with E-state index < -0.39 is 11.2 Å². The van der Waals surface area contributed by atoms with Crippen LogP contribution in [0.3, 0.4) is 0 Å². The van der Waals surface area contributed by atoms with E-state index in [4.69, 9.17) is 5.73 Å². The highest BCUT2D eigenvalue weighted by atomic mass is 32.2. The number of hydrogen-bond acceptors (Lipinski definition) is 5. The molecule has 1 atom stereocenters. The molecule has 8 heteroatoms. The molecule has 112 valence electrons. The van der Waals surface area contributed by atoms with Gasteiger partial charge in [0.05, 0.1) is 17.1 Å². The minimum absolute atomic E-state index is 0.300. The van der Waals surface area contributed by atoms with Crippen molar-refractivity contribution in [3.05, 3.63) is 46.9 Å². The molecule has 0 radical (unpaired) electrons. The molecule has 1 aromatic carbocycles. The Morgan fingerprint density at radius 1 is 1.36 bits per heavy atom. The maximum Gasteiger partial charge on any atom is 0.262 e. The van der Waals surface area contributed by atoms with Gasteiger partial charge >= 0.3 is 0 Å². The smallest absolute Gasteiger partial charge is 0.262 e. The van der Waals surface area contributed by atoms with E-state index in [1.54, 1.807) is 11.6 Å². The highest BCUT2D eigenvalue weighted by Crippen LogP contribution is 2.20. The number of amides is 1. The van der Waals surface area contributed by atoms with E-state index in [0.717, 1.165) is 17.4 Å². The Hall–Kier alpha value is -2.61. The number of thioether (sulfide) groups is 1. The van der Waals surface area contributed by atoms with E-state index in [1.165, 1.54) is 6.20 Å². The zero-order valence-electron chi connectivity index (χ0n) is 11.7. The van der Waals surface area contributed by atoms with Crippen LogP contribution in [-0.4, -0.2) is 30.9 Å². The number of nitrogens with one attached hydrogen (secondary N) is 1. The summed E-state index contributed by atoms with van der Waals surface area (Å²) in [6, 6.07) is 9.38. The summed E-state index contributed by atoms with van der Waals surface area (Å²) >= 11 is 1.11. The van der Waals surface area contributed by atoms with Gasteiger partial charge in [-0.05, 0) is 19.1 Å². The van der Waals surface area contributed by atoms with Crippen LogP contribution in [0.2, 0.25) is 0 Å². The van der Waals surface area contributed by atoms with Crippen LogP contribution in [0.25, 0.3) is 16.7 Å². The quantitative estimate of drug-likeness (QED) is 0.553. The number of carbonyl (C=O) groups is 1. The molecule has 3 N–H and O–H groups in total. The van der Waals surface area contributed by atoms with E-state index in [2.05, 4.69) is 15.1 Å². The summed E-state index contributed by atoms with van der Waals surface area (Å²) in [5, 5.41) is 4.45. The molecular weight excluding hydrogens is 302 g/mol. The number of rotatable bonds is 4. The van der Waals surface area contributed by atoms with E-state index >= 15 is 0 Å². The van der Waals surface area contributed by atoms with Gasteiger partial charge in [-0.3, -0.25) is 9.59 Å². The minimum atomic E-state index is -0.492. The predicted molar refractivity (Wildman–Crippen MR) is 84.0 cm³/mol. The number of nitrogens with zero attached hydrogens (tertiary/aromatic N) is 3. The third kappa shape index (κ3) is 2.60. The van der Waals surface area contributed by atoms with Crippen molar-refractivity contribution >= 4 is 28.7 Å². The monoisotopic (exact) mass is 315 g/mol. The second-order valence-corrected chi connectivity index (χ2v) is 5.99. The van der Waals surface area contributed by atoms with Crippen molar-refractivity contribution in [3.63, 3.8) is 0 Å². The predicted octanol–water partition coefficient (Wildman–Crippen LogP) is 1.07. The molecule has 0 saturated heterocycles. The van der Waals surface area contributed by atoms with Crippen molar-refractivity contribution < 1.29 is 4.79 Å². The van der Waals surface area contributed by atoms with Crippen molar-refractivity contribution in [1.82, 2.24) is 19.7 Å². The third-order valence-corrected chi connectivity index (χ3v) is 4.11. The molecule has 0 unspecified atom stereocenters. The van der Waals surface area contributed by atoms with Crippen LogP contribution in [-0.2, 0) is 4.79 Å². The first-order chi connectivity index (χ1) is 10.6. The van der Waals surface area contributed by atoms with Gasteiger partial charge in [0, 0.05) is 0 Å². The Bertz CT molecular complexity index is 887. The molecule has 0 spiro atoms. The van der Waals surface area contributed by atoms with Crippen LogP contribution in [0.15, 0.2) is 46.5 Å². The Balaban J connectivity index is 2.12. The minimum Gasteiger partial charge on any atom is -0.369 e. The fourth-order valence-electron chi connectivity index (χ4n) is 1.94. The molecule has 22 heavy (non-hydrogen) atoms. The number of nitrogens with two attached hydrogens (primary N) is 1. The SMILES string of the molecule is C[C@@H](Sc1nc2c(cnn2-c2ccccc2)c(=O)[nH]1)C(N)=O. The first kappa shape index (κ1) is 14.3. The molecule has 2 aromatic heterocycles. The molecule has 0 aliphatic rings. The third-order valence-electron chi connectivity index (χ3n) is 3.11. The number of carbonyl (C=O) groups excluding carboxylic acids is 1. The van der Waals surface area contributed by atoms with E-state index in [-0.39, 0.29) is 5.56 Å². The number of para-hydroxylation sites is 1. The van der Waals surface area contributed by atoms with Gasteiger partial charge in [-0.1, -0.05) is 30.0 Å². The number of aromatic nitrogens is 4. The number of hydrogen-bond donors (Lipinski definition) is 2. The summed E-state index contributed by atoms with van der Waals surface area (Å²) in [7, 11) is 0. The van der Waals surface area contributed by atoms with Crippen LogP contribution in [0, 0.1) is 0 Å². The first-order valence-corrected chi connectivity index (χ1v) is 7.43. The summed E-state index contributed by atoms with van der Waals surface area (Å²) in [4.78, 5) is 30.3. The van der Waals surface area contributed by atoms with Crippen LogP contribution in [0.1, 0.15) is 6.92 Å². The molecule has 0 fully saturated rings. The summed E-state index contributed by atoms with van der Waals surface area (Å²) in [5.74, 6) is -0.468. The summed E-state index contributed by atoms with van der Waals surface area (Å²) in [6.07, 6.45) is 1.47. The van der Waals surface area contributed by atoms with Gasteiger partial charge in [0.1, 0.15) is 5.39 Å². The zero-order valence-corrected chi connectivity index (χ0v) is 12.5. The number of benzene rings is 1. The zero-order chi connectivity index (χ0) is 15.7. The van der Waals surface area contributed by atoms with Gasteiger partial charge in [-0.15, -0.1) is 0 Å². The van der Waals surface area contributed by atoms with E-state index in [1.807, 2.05) is 30.3 Å². The lowest BCUT2D eigenvalue weighted by Crippen LogP contribution is -2.23. The Kier molecular flexibility index (Phi) is 3.68. The molecule has 1 amide bonds. The van der Waals surface area contributed by atoms with E-state index in [9.17, 15) is 9.59 Å². The van der Waals surface area contributed by atoms with Crippen LogP contribution < -0.4 is 11.3 Å². The van der Waals surface area contributed by atoms with Gasteiger partial charge in [-0.25, -0.2) is 9.67 Å². The van der Waals surface area contributed by atoms with Gasteiger partial charge in [0.2, 0.25) is 5.91 Å². The topological polar surface area (TPSA) is 107 Å². The number of fused-ring (bicyclic) bond motifs is 1. The lowest BCUT2D eigenvalue weighted by atomic mass is 10.3. The van der Waals surface area contributed by atoms with Crippen molar-refractivity contribution in [2.75, 3.05) is 0 Å². The maximum atomic E-state index is 12.1. The second kappa shape index (κ2) is 5.64. The number of primary amides is 1. The molecule has 3 aromatic rings. The fraction of sp³-hybridized carbons (Fsp3) is 0.143.